The van der Waals surface area contributed by atoms with Crippen LogP contribution in [0.15, 0.2) is 59.1 Å². The number of carbonyl (C=O) groups excluding carboxylic acids is 1. The van der Waals surface area contributed by atoms with Crippen molar-refractivity contribution in [1.82, 2.24) is 20.4 Å². The van der Waals surface area contributed by atoms with Crippen molar-refractivity contribution in [2.75, 3.05) is 38.2 Å². The Labute approximate surface area is 199 Å². The normalized spacial score (nSPS) is 19.3. The van der Waals surface area contributed by atoms with E-state index in [4.69, 9.17) is 9.26 Å². The van der Waals surface area contributed by atoms with Gasteiger partial charge in [0, 0.05) is 50.2 Å². The second-order valence-electron chi connectivity index (χ2n) is 9.11. The zero-order valence-electron chi connectivity index (χ0n) is 19.5. The number of nitrogens with zero attached hydrogens (tertiary/aromatic N) is 4. The summed E-state index contributed by atoms with van der Waals surface area (Å²) >= 11 is 0. The Morgan fingerprint density at radius 1 is 1.06 bits per heavy atom. The summed E-state index contributed by atoms with van der Waals surface area (Å²) in [6.45, 7) is 4.33. The quantitative estimate of drug-likeness (QED) is 0.578. The van der Waals surface area contributed by atoms with Crippen LogP contribution < -0.4 is 15.0 Å². The van der Waals surface area contributed by atoms with Gasteiger partial charge in [-0.3, -0.25) is 9.69 Å². The molecule has 34 heavy (non-hydrogen) atoms. The molecular weight excluding hydrogens is 430 g/mol. The minimum atomic E-state index is 0.0309. The van der Waals surface area contributed by atoms with Gasteiger partial charge in [0.2, 0.25) is 11.7 Å². The fourth-order valence-corrected chi connectivity index (χ4v) is 4.79. The molecule has 8 heteroatoms. The summed E-state index contributed by atoms with van der Waals surface area (Å²) in [7, 11) is 1.64. The first-order valence-corrected chi connectivity index (χ1v) is 12.0. The average Bonchev–Trinajstić information content (AvgIpc) is 3.55. The van der Waals surface area contributed by atoms with E-state index < -0.39 is 0 Å². The van der Waals surface area contributed by atoms with Crippen LogP contribution in [0.3, 0.4) is 0 Å². The number of rotatable bonds is 7. The van der Waals surface area contributed by atoms with Gasteiger partial charge in [0.15, 0.2) is 0 Å². The van der Waals surface area contributed by atoms with E-state index in [-0.39, 0.29) is 17.9 Å². The van der Waals surface area contributed by atoms with E-state index in [0.717, 1.165) is 63.3 Å². The number of ether oxygens (including phenoxy) is 1. The van der Waals surface area contributed by atoms with Crippen LogP contribution in [0.1, 0.15) is 24.8 Å². The summed E-state index contributed by atoms with van der Waals surface area (Å²) < 4.78 is 10.7. The molecule has 3 heterocycles. The van der Waals surface area contributed by atoms with Crippen LogP contribution in [0, 0.1) is 5.92 Å². The van der Waals surface area contributed by atoms with E-state index in [1.807, 2.05) is 30.3 Å². The van der Waals surface area contributed by atoms with Gasteiger partial charge in [-0.25, -0.2) is 0 Å². The number of methoxy groups -OCH3 is 1. The van der Waals surface area contributed by atoms with Crippen molar-refractivity contribution in [3.63, 3.8) is 0 Å². The van der Waals surface area contributed by atoms with E-state index in [1.54, 1.807) is 7.11 Å². The lowest BCUT2D eigenvalue weighted by molar-refractivity contribution is -0.126. The standard InChI is InChI=1S/C26H31N5O3/c1-33-23-9-7-20(8-10-23)24-28-26(34-29-24)31-15-11-21(12-16-31)25(32)27-22-13-14-30(18-22)17-19-5-3-2-4-6-19/h2-10,21-22H,11-18H2,1H3,(H,27,32). The Bertz CT molecular complexity index is 1080. The SMILES string of the molecule is COc1ccc(-c2noc(N3CCC(C(=O)NC4CCN(Cc5ccccc5)C4)CC3)n2)cc1. The van der Waals surface area contributed by atoms with Gasteiger partial charge in [0.05, 0.1) is 7.11 Å². The van der Waals surface area contributed by atoms with E-state index >= 15 is 0 Å². The molecule has 0 saturated carbocycles. The fourth-order valence-electron chi connectivity index (χ4n) is 4.79. The number of hydrogen-bond acceptors (Lipinski definition) is 7. The summed E-state index contributed by atoms with van der Waals surface area (Å²) in [4.78, 5) is 21.9. The van der Waals surface area contributed by atoms with Crippen LogP contribution in [-0.2, 0) is 11.3 Å². The van der Waals surface area contributed by atoms with Crippen molar-refractivity contribution < 1.29 is 14.1 Å². The molecule has 3 aromatic rings. The number of piperidine rings is 1. The molecule has 1 unspecified atom stereocenters. The zero-order chi connectivity index (χ0) is 23.3. The molecule has 1 aromatic heterocycles. The summed E-state index contributed by atoms with van der Waals surface area (Å²) in [6, 6.07) is 18.8. The van der Waals surface area contributed by atoms with Gasteiger partial charge < -0.3 is 19.5 Å². The number of amides is 1. The Kier molecular flexibility index (Phi) is 6.76. The van der Waals surface area contributed by atoms with Gasteiger partial charge in [-0.1, -0.05) is 35.5 Å². The van der Waals surface area contributed by atoms with Gasteiger partial charge in [0.1, 0.15) is 5.75 Å². The summed E-state index contributed by atoms with van der Waals surface area (Å²) in [5.74, 6) is 1.55. The van der Waals surface area contributed by atoms with Gasteiger partial charge in [-0.05, 0) is 49.1 Å². The van der Waals surface area contributed by atoms with Crippen LogP contribution in [0.2, 0.25) is 0 Å². The highest BCUT2D eigenvalue weighted by atomic mass is 16.5. The molecule has 1 atom stereocenters. The van der Waals surface area contributed by atoms with E-state index in [0.29, 0.717) is 11.8 Å². The lowest BCUT2D eigenvalue weighted by Crippen LogP contribution is -2.44. The molecule has 0 bridgehead atoms. The van der Waals surface area contributed by atoms with Crippen molar-refractivity contribution in [2.24, 2.45) is 5.92 Å². The van der Waals surface area contributed by atoms with Crippen molar-refractivity contribution in [1.29, 1.82) is 0 Å². The number of likely N-dealkylation sites (tertiary alicyclic amines) is 1. The van der Waals surface area contributed by atoms with E-state index in [2.05, 4.69) is 49.5 Å². The second-order valence-corrected chi connectivity index (χ2v) is 9.11. The van der Waals surface area contributed by atoms with E-state index in [9.17, 15) is 4.79 Å². The minimum Gasteiger partial charge on any atom is -0.497 e. The number of hydrogen-bond donors (Lipinski definition) is 1. The van der Waals surface area contributed by atoms with Gasteiger partial charge in [-0.2, -0.15) is 4.98 Å². The van der Waals surface area contributed by atoms with Gasteiger partial charge in [-0.15, -0.1) is 0 Å². The first kappa shape index (κ1) is 22.4. The third-order valence-corrected chi connectivity index (χ3v) is 6.77. The molecule has 2 fully saturated rings. The van der Waals surface area contributed by atoms with Crippen molar-refractivity contribution in [2.45, 2.75) is 31.8 Å². The van der Waals surface area contributed by atoms with E-state index in [1.165, 1.54) is 5.56 Å². The highest BCUT2D eigenvalue weighted by Gasteiger charge is 2.30. The Morgan fingerprint density at radius 3 is 2.56 bits per heavy atom. The smallest absolute Gasteiger partial charge is 0.324 e. The predicted molar refractivity (Wildman–Crippen MR) is 129 cm³/mol. The number of nitrogens with one attached hydrogen (secondary N) is 1. The summed E-state index contributed by atoms with van der Waals surface area (Å²) in [6.07, 6.45) is 2.58. The van der Waals surface area contributed by atoms with Crippen LogP contribution in [0.4, 0.5) is 6.01 Å². The molecule has 2 aliphatic heterocycles. The molecule has 1 amide bonds. The van der Waals surface area contributed by atoms with Crippen LogP contribution in [0.5, 0.6) is 5.75 Å². The lowest BCUT2D eigenvalue weighted by atomic mass is 9.96. The second kappa shape index (κ2) is 10.3. The molecular formula is C26H31N5O3. The summed E-state index contributed by atoms with van der Waals surface area (Å²) in [5, 5.41) is 7.42. The largest absolute Gasteiger partial charge is 0.497 e. The minimum absolute atomic E-state index is 0.0309. The number of anilines is 1. The van der Waals surface area contributed by atoms with Crippen LogP contribution in [-0.4, -0.2) is 60.3 Å². The molecule has 8 nitrogen and oxygen atoms in total. The number of benzene rings is 2. The van der Waals surface area contributed by atoms with Gasteiger partial charge >= 0.3 is 6.01 Å². The van der Waals surface area contributed by atoms with Gasteiger partial charge in [0.25, 0.3) is 0 Å². The zero-order valence-corrected chi connectivity index (χ0v) is 19.5. The third-order valence-electron chi connectivity index (χ3n) is 6.77. The molecule has 1 N–H and O–H groups in total. The monoisotopic (exact) mass is 461 g/mol. The van der Waals surface area contributed by atoms with Crippen molar-refractivity contribution in [3.05, 3.63) is 60.2 Å². The molecule has 2 aromatic carbocycles. The molecule has 2 saturated heterocycles. The van der Waals surface area contributed by atoms with Crippen molar-refractivity contribution >= 4 is 11.9 Å². The summed E-state index contributed by atoms with van der Waals surface area (Å²) in [5.41, 5.74) is 2.20. The lowest BCUT2D eigenvalue weighted by Gasteiger charge is -2.30. The molecule has 0 radical (unpaired) electrons. The molecule has 178 valence electrons. The van der Waals surface area contributed by atoms with Crippen LogP contribution >= 0.6 is 0 Å². The number of aromatic nitrogens is 2. The number of carbonyl (C=O) groups is 1. The maximum absolute atomic E-state index is 12.9. The molecule has 0 aliphatic carbocycles. The first-order chi connectivity index (χ1) is 16.7. The Morgan fingerprint density at radius 2 is 1.82 bits per heavy atom. The fraction of sp³-hybridized carbons (Fsp3) is 0.423. The molecule has 0 spiro atoms. The highest BCUT2D eigenvalue weighted by molar-refractivity contribution is 5.79. The predicted octanol–water partition coefficient (Wildman–Crippen LogP) is 3.35. The average molecular weight is 462 g/mol. The highest BCUT2D eigenvalue weighted by Crippen LogP contribution is 2.26. The topological polar surface area (TPSA) is 83.7 Å². The van der Waals surface area contributed by atoms with Crippen molar-refractivity contribution in [3.8, 4) is 17.1 Å². The maximum atomic E-state index is 12.9. The molecule has 2 aliphatic rings. The third kappa shape index (κ3) is 5.22. The Balaban J connectivity index is 1.09. The first-order valence-electron chi connectivity index (χ1n) is 12.0. The van der Waals surface area contributed by atoms with Crippen LogP contribution in [0.25, 0.3) is 11.4 Å². The Hall–Kier alpha value is -3.39. The maximum Gasteiger partial charge on any atom is 0.324 e. The molecule has 5 rings (SSSR count).